The van der Waals surface area contributed by atoms with E-state index in [1.165, 1.54) is 0 Å². The summed E-state index contributed by atoms with van der Waals surface area (Å²) in [5.41, 5.74) is 7.91. The summed E-state index contributed by atoms with van der Waals surface area (Å²) >= 11 is 1.54. The standard InChI is InChI=1S/C11H14N2O2S/c1-7(14-2)6-16-11-13-9-4-3-8(12)5-10(9)15-11/h3-5,7H,6,12H2,1-2H3. The van der Waals surface area contributed by atoms with Crippen molar-refractivity contribution in [1.82, 2.24) is 4.98 Å². The number of fused-ring (bicyclic) bond motifs is 1. The average molecular weight is 238 g/mol. The van der Waals surface area contributed by atoms with E-state index in [2.05, 4.69) is 4.98 Å². The number of ether oxygens (including phenoxy) is 1. The third kappa shape index (κ3) is 2.48. The van der Waals surface area contributed by atoms with Crippen molar-refractivity contribution in [3.63, 3.8) is 0 Å². The van der Waals surface area contributed by atoms with Gasteiger partial charge >= 0.3 is 0 Å². The first-order valence-electron chi connectivity index (χ1n) is 5.00. The van der Waals surface area contributed by atoms with E-state index in [-0.39, 0.29) is 6.10 Å². The predicted octanol–water partition coefficient (Wildman–Crippen LogP) is 2.54. The quantitative estimate of drug-likeness (QED) is 0.655. The van der Waals surface area contributed by atoms with Crippen molar-refractivity contribution < 1.29 is 9.15 Å². The fraction of sp³-hybridized carbons (Fsp3) is 0.364. The lowest BCUT2D eigenvalue weighted by Gasteiger charge is -2.05. The van der Waals surface area contributed by atoms with Crippen LogP contribution in [0.2, 0.25) is 0 Å². The van der Waals surface area contributed by atoms with Crippen LogP contribution in [0.15, 0.2) is 27.8 Å². The number of rotatable bonds is 4. The normalized spacial score (nSPS) is 13.1. The zero-order chi connectivity index (χ0) is 11.5. The summed E-state index contributed by atoms with van der Waals surface area (Å²) in [6.07, 6.45) is 0.185. The summed E-state index contributed by atoms with van der Waals surface area (Å²) in [5, 5.41) is 0.657. The average Bonchev–Trinajstić information content (AvgIpc) is 2.67. The highest BCUT2D eigenvalue weighted by Gasteiger charge is 2.08. The molecule has 2 rings (SSSR count). The summed E-state index contributed by atoms with van der Waals surface area (Å²) in [5.74, 6) is 0.818. The summed E-state index contributed by atoms with van der Waals surface area (Å²) in [4.78, 5) is 4.35. The lowest BCUT2D eigenvalue weighted by molar-refractivity contribution is 0.137. The Hall–Kier alpha value is -1.20. The van der Waals surface area contributed by atoms with Crippen molar-refractivity contribution in [1.29, 1.82) is 0 Å². The van der Waals surface area contributed by atoms with E-state index in [0.29, 0.717) is 10.9 Å². The molecule has 16 heavy (non-hydrogen) atoms. The van der Waals surface area contributed by atoms with Gasteiger partial charge in [0, 0.05) is 24.6 Å². The van der Waals surface area contributed by atoms with Gasteiger partial charge in [0.25, 0.3) is 5.22 Å². The van der Waals surface area contributed by atoms with E-state index in [1.807, 2.05) is 19.1 Å². The fourth-order valence-corrected chi connectivity index (χ4v) is 2.06. The number of anilines is 1. The van der Waals surface area contributed by atoms with Gasteiger partial charge in [0.15, 0.2) is 5.58 Å². The number of nitrogens with two attached hydrogens (primary N) is 1. The largest absolute Gasteiger partial charge is 0.431 e. The van der Waals surface area contributed by atoms with E-state index < -0.39 is 0 Å². The molecule has 1 heterocycles. The maximum absolute atomic E-state index is 5.66. The highest BCUT2D eigenvalue weighted by Crippen LogP contribution is 2.25. The molecule has 2 aromatic rings. The molecule has 0 bridgehead atoms. The van der Waals surface area contributed by atoms with Gasteiger partial charge in [-0.2, -0.15) is 0 Å². The van der Waals surface area contributed by atoms with Gasteiger partial charge in [0.1, 0.15) is 5.52 Å². The maximum atomic E-state index is 5.66. The van der Waals surface area contributed by atoms with Crippen LogP contribution < -0.4 is 5.73 Å². The van der Waals surface area contributed by atoms with Crippen molar-refractivity contribution in [3.8, 4) is 0 Å². The monoisotopic (exact) mass is 238 g/mol. The van der Waals surface area contributed by atoms with Crippen LogP contribution in [0.4, 0.5) is 5.69 Å². The van der Waals surface area contributed by atoms with Gasteiger partial charge in [-0.05, 0) is 19.1 Å². The van der Waals surface area contributed by atoms with E-state index in [9.17, 15) is 0 Å². The second kappa shape index (κ2) is 4.76. The van der Waals surface area contributed by atoms with Crippen molar-refractivity contribution in [3.05, 3.63) is 18.2 Å². The first-order valence-corrected chi connectivity index (χ1v) is 5.99. The van der Waals surface area contributed by atoms with Crippen molar-refractivity contribution in [2.24, 2.45) is 0 Å². The van der Waals surface area contributed by atoms with Gasteiger partial charge in [0.2, 0.25) is 0 Å². The van der Waals surface area contributed by atoms with E-state index in [4.69, 9.17) is 14.9 Å². The second-order valence-corrected chi connectivity index (χ2v) is 4.54. The molecule has 5 heteroatoms. The molecule has 4 nitrogen and oxygen atoms in total. The highest BCUT2D eigenvalue weighted by atomic mass is 32.2. The molecule has 0 aliphatic carbocycles. The Morgan fingerprint density at radius 2 is 2.38 bits per heavy atom. The third-order valence-electron chi connectivity index (χ3n) is 2.24. The second-order valence-electron chi connectivity index (χ2n) is 3.56. The number of hydrogen-bond acceptors (Lipinski definition) is 5. The molecule has 0 aliphatic rings. The SMILES string of the molecule is COC(C)CSc1nc2ccc(N)cc2o1. The molecule has 0 spiro atoms. The number of nitrogen functional groups attached to an aromatic ring is 1. The summed E-state index contributed by atoms with van der Waals surface area (Å²) in [7, 11) is 1.69. The van der Waals surface area contributed by atoms with Crippen LogP contribution in [0.1, 0.15) is 6.92 Å². The van der Waals surface area contributed by atoms with Crippen LogP contribution in [0.25, 0.3) is 11.1 Å². The van der Waals surface area contributed by atoms with Gasteiger partial charge < -0.3 is 14.9 Å². The summed E-state index contributed by atoms with van der Waals surface area (Å²) in [6, 6.07) is 5.46. The molecule has 1 unspecified atom stereocenters. The Balaban J connectivity index is 2.13. The topological polar surface area (TPSA) is 61.3 Å². The first kappa shape index (κ1) is 11.3. The van der Waals surface area contributed by atoms with Crippen LogP contribution >= 0.6 is 11.8 Å². The van der Waals surface area contributed by atoms with Gasteiger partial charge in [-0.15, -0.1) is 0 Å². The lowest BCUT2D eigenvalue weighted by Crippen LogP contribution is -2.07. The van der Waals surface area contributed by atoms with E-state index in [0.717, 1.165) is 16.9 Å². The summed E-state index contributed by atoms with van der Waals surface area (Å²) < 4.78 is 10.7. The molecule has 0 amide bonds. The Morgan fingerprint density at radius 3 is 3.12 bits per heavy atom. The smallest absolute Gasteiger partial charge is 0.256 e. The van der Waals surface area contributed by atoms with Crippen molar-refractivity contribution in [2.75, 3.05) is 18.6 Å². The highest BCUT2D eigenvalue weighted by molar-refractivity contribution is 7.99. The number of hydrogen-bond donors (Lipinski definition) is 1. The molecular weight excluding hydrogens is 224 g/mol. The Labute approximate surface area is 98.2 Å². The Morgan fingerprint density at radius 1 is 1.56 bits per heavy atom. The molecule has 0 fully saturated rings. The fourth-order valence-electron chi connectivity index (χ4n) is 1.24. The number of nitrogens with zero attached hydrogens (tertiary/aromatic N) is 1. The van der Waals surface area contributed by atoms with Crippen LogP contribution in [-0.4, -0.2) is 24.0 Å². The minimum atomic E-state index is 0.185. The minimum absolute atomic E-state index is 0.185. The number of oxazole rings is 1. The molecule has 86 valence electrons. The Kier molecular flexibility index (Phi) is 3.36. The molecule has 1 aromatic carbocycles. The van der Waals surface area contributed by atoms with E-state index >= 15 is 0 Å². The summed E-state index contributed by atoms with van der Waals surface area (Å²) in [6.45, 7) is 2.01. The van der Waals surface area contributed by atoms with Gasteiger partial charge in [-0.1, -0.05) is 11.8 Å². The third-order valence-corrected chi connectivity index (χ3v) is 3.29. The predicted molar refractivity (Wildman–Crippen MR) is 65.6 cm³/mol. The van der Waals surface area contributed by atoms with Crippen molar-refractivity contribution in [2.45, 2.75) is 18.3 Å². The maximum Gasteiger partial charge on any atom is 0.256 e. The first-order chi connectivity index (χ1) is 7.69. The van der Waals surface area contributed by atoms with E-state index in [1.54, 1.807) is 24.9 Å². The molecule has 0 radical (unpaired) electrons. The number of aromatic nitrogens is 1. The molecule has 0 aliphatic heterocycles. The van der Waals surface area contributed by atoms with Crippen LogP contribution in [-0.2, 0) is 4.74 Å². The van der Waals surface area contributed by atoms with Gasteiger partial charge in [-0.25, -0.2) is 4.98 Å². The van der Waals surface area contributed by atoms with Crippen LogP contribution in [0.3, 0.4) is 0 Å². The molecule has 2 N–H and O–H groups in total. The Bertz CT molecular complexity index is 484. The number of methoxy groups -OCH3 is 1. The van der Waals surface area contributed by atoms with Gasteiger partial charge in [0.05, 0.1) is 6.10 Å². The van der Waals surface area contributed by atoms with Gasteiger partial charge in [-0.3, -0.25) is 0 Å². The lowest BCUT2D eigenvalue weighted by atomic mass is 10.3. The molecular formula is C11H14N2O2S. The minimum Gasteiger partial charge on any atom is -0.431 e. The van der Waals surface area contributed by atoms with Crippen molar-refractivity contribution >= 4 is 28.5 Å². The van der Waals surface area contributed by atoms with Crippen LogP contribution in [0, 0.1) is 0 Å². The molecule has 0 saturated carbocycles. The molecule has 1 atom stereocenters. The number of thioether (sulfide) groups is 1. The zero-order valence-corrected chi connectivity index (χ0v) is 10.1. The molecule has 1 aromatic heterocycles. The zero-order valence-electron chi connectivity index (χ0n) is 9.27. The number of benzene rings is 1. The molecule has 0 saturated heterocycles. The van der Waals surface area contributed by atoms with Crippen LogP contribution in [0.5, 0.6) is 0 Å².